The summed E-state index contributed by atoms with van der Waals surface area (Å²) < 4.78 is 0. The average molecular weight is 600 g/mol. The molecule has 2 fully saturated rings. The molecule has 5 aromatic rings. The molecule has 4 heteroatoms. The van der Waals surface area contributed by atoms with Crippen molar-refractivity contribution >= 4 is 34.4 Å². The van der Waals surface area contributed by atoms with Gasteiger partial charge in [0.2, 0.25) is 11.8 Å². The monoisotopic (exact) mass is 599 g/mol. The number of hydrogen-bond acceptors (Lipinski definition) is 3. The minimum Gasteiger partial charge on any atom is -0.297 e. The summed E-state index contributed by atoms with van der Waals surface area (Å²) >= 11 is 0. The van der Waals surface area contributed by atoms with Gasteiger partial charge in [0, 0.05) is 0 Å². The number of benzene rings is 5. The first-order chi connectivity index (χ1) is 22.4. The van der Waals surface area contributed by atoms with Crippen molar-refractivity contribution in [2.24, 2.45) is 11.8 Å². The van der Waals surface area contributed by atoms with Gasteiger partial charge in [-0.05, 0) is 57.0 Å². The van der Waals surface area contributed by atoms with E-state index in [1.165, 1.54) is 4.90 Å². The second-order valence-corrected chi connectivity index (χ2v) is 12.9. The lowest BCUT2D eigenvalue weighted by atomic mass is 9.59. The third-order valence-corrected chi connectivity index (χ3v) is 10.4. The smallest absolute Gasteiger partial charge is 0.239 e. The van der Waals surface area contributed by atoms with E-state index in [1.807, 2.05) is 146 Å². The van der Waals surface area contributed by atoms with Crippen molar-refractivity contribution in [1.82, 2.24) is 0 Å². The molecule has 1 saturated heterocycles. The maximum absolute atomic E-state index is 15.9. The summed E-state index contributed by atoms with van der Waals surface area (Å²) in [4.78, 5) is 47.4. The Bertz CT molecular complexity index is 1900. The maximum Gasteiger partial charge on any atom is 0.239 e. The zero-order chi connectivity index (χ0) is 31.6. The van der Waals surface area contributed by atoms with Crippen molar-refractivity contribution in [3.05, 3.63) is 173 Å². The number of allylic oxidation sites excluding steroid dienone is 2. The van der Waals surface area contributed by atoms with Gasteiger partial charge in [-0.25, -0.2) is 4.90 Å². The lowest BCUT2D eigenvalue weighted by Gasteiger charge is -2.39. The average Bonchev–Trinajstić information content (AvgIpc) is 3.62. The van der Waals surface area contributed by atoms with Crippen molar-refractivity contribution in [3.63, 3.8) is 0 Å². The topological polar surface area (TPSA) is 54.5 Å². The van der Waals surface area contributed by atoms with Gasteiger partial charge in [0.05, 0.1) is 28.4 Å². The molecule has 0 unspecified atom stereocenters. The van der Waals surface area contributed by atoms with Crippen LogP contribution >= 0.6 is 0 Å². The van der Waals surface area contributed by atoms with E-state index in [-0.39, 0.29) is 17.6 Å². The molecule has 2 aliphatic carbocycles. The second kappa shape index (κ2) is 10.3. The molecule has 46 heavy (non-hydrogen) atoms. The van der Waals surface area contributed by atoms with Crippen LogP contribution in [0.3, 0.4) is 0 Å². The zero-order valence-corrected chi connectivity index (χ0v) is 25.8. The molecule has 0 radical (unpaired) electrons. The van der Waals surface area contributed by atoms with E-state index in [9.17, 15) is 0 Å². The highest BCUT2D eigenvalue weighted by Gasteiger charge is 2.82. The number of carbonyl (C=O) groups is 3. The number of amides is 2. The fraction of sp³-hybridized carbons (Fsp3) is 0.167. The second-order valence-electron chi connectivity index (χ2n) is 12.9. The van der Waals surface area contributed by atoms with Crippen molar-refractivity contribution in [2.75, 3.05) is 4.90 Å². The molecular weight excluding hydrogens is 566 g/mol. The number of ketones is 1. The SMILES string of the molecule is CC(C)c1ccc(N2C(=O)[C@@H]3[C@H](C2=O)[C@@]2(c4ccccc4)C(=O)[C@@]3(c3ccccc3)C(c3ccccc3)=C2c2ccccc2)cc1. The maximum atomic E-state index is 15.9. The standard InChI is InChI=1S/C42H33NO3/c1-27(2)28-23-25-33(26-24-28)43-38(44)36-37(39(43)45)42(32-21-13-6-14-22-32)35(30-17-9-4-10-18-30)34(29-15-7-3-8-16-29)41(36,40(42)46)31-19-11-5-12-20-31/h3-27,36-37H,1-2H3/t36-,37+,41-,42-/m0/s1. The van der Waals surface area contributed by atoms with Gasteiger partial charge in [-0.15, -0.1) is 0 Å². The van der Waals surface area contributed by atoms with Gasteiger partial charge >= 0.3 is 0 Å². The quantitative estimate of drug-likeness (QED) is 0.186. The van der Waals surface area contributed by atoms with Crippen LogP contribution in [-0.2, 0) is 25.2 Å². The molecule has 224 valence electrons. The molecule has 1 heterocycles. The van der Waals surface area contributed by atoms with Crippen LogP contribution in [0, 0.1) is 11.8 Å². The number of hydrogen-bond donors (Lipinski definition) is 0. The third kappa shape index (κ3) is 3.53. The Labute approximate surface area is 269 Å². The Morgan fingerprint density at radius 2 is 0.870 bits per heavy atom. The number of imide groups is 1. The Morgan fingerprint density at radius 1 is 0.500 bits per heavy atom. The third-order valence-electron chi connectivity index (χ3n) is 10.4. The summed E-state index contributed by atoms with van der Waals surface area (Å²) in [6.45, 7) is 4.23. The van der Waals surface area contributed by atoms with Gasteiger partial charge in [-0.1, -0.05) is 147 Å². The number of Topliss-reactive ketones (excluding diaryl/α,β-unsaturated/α-hetero) is 1. The summed E-state index contributed by atoms with van der Waals surface area (Å²) in [6.07, 6.45) is 0. The number of fused-ring (bicyclic) bond motifs is 5. The van der Waals surface area contributed by atoms with Gasteiger partial charge in [0.15, 0.2) is 5.78 Å². The van der Waals surface area contributed by atoms with Crippen LogP contribution in [0.4, 0.5) is 5.69 Å². The number of anilines is 1. The molecule has 1 aliphatic heterocycles. The molecule has 1 saturated carbocycles. The highest BCUT2D eigenvalue weighted by atomic mass is 16.2. The zero-order valence-electron chi connectivity index (χ0n) is 25.8. The van der Waals surface area contributed by atoms with E-state index in [2.05, 4.69) is 13.8 Å². The predicted molar refractivity (Wildman–Crippen MR) is 181 cm³/mol. The van der Waals surface area contributed by atoms with Gasteiger partial charge in [-0.3, -0.25) is 14.4 Å². The lowest BCUT2D eigenvalue weighted by Crippen LogP contribution is -2.45. The summed E-state index contributed by atoms with van der Waals surface area (Å²) in [5.41, 5.74) is 3.68. The van der Waals surface area contributed by atoms with E-state index < -0.39 is 22.7 Å². The van der Waals surface area contributed by atoms with Crippen molar-refractivity contribution in [2.45, 2.75) is 30.6 Å². The van der Waals surface area contributed by atoms with Gasteiger partial charge in [0.25, 0.3) is 0 Å². The van der Waals surface area contributed by atoms with E-state index >= 15 is 14.4 Å². The molecular formula is C42H33NO3. The minimum atomic E-state index is -1.40. The van der Waals surface area contributed by atoms with Crippen LogP contribution in [0.25, 0.3) is 11.1 Å². The van der Waals surface area contributed by atoms with E-state index in [1.54, 1.807) is 0 Å². The van der Waals surface area contributed by atoms with Crippen LogP contribution in [0.1, 0.15) is 47.6 Å². The van der Waals surface area contributed by atoms with Crippen LogP contribution in [0.5, 0.6) is 0 Å². The Kier molecular flexibility index (Phi) is 6.33. The Balaban J connectivity index is 1.51. The fourth-order valence-electron chi connectivity index (χ4n) is 8.60. The van der Waals surface area contributed by atoms with Crippen molar-refractivity contribution in [1.29, 1.82) is 0 Å². The first kappa shape index (κ1) is 28.1. The van der Waals surface area contributed by atoms with Crippen LogP contribution < -0.4 is 4.90 Å². The van der Waals surface area contributed by atoms with E-state index in [0.29, 0.717) is 11.6 Å². The molecule has 4 atom stereocenters. The summed E-state index contributed by atoms with van der Waals surface area (Å²) in [6, 6.07) is 46.9. The Morgan fingerprint density at radius 3 is 1.24 bits per heavy atom. The van der Waals surface area contributed by atoms with Gasteiger partial charge in [0.1, 0.15) is 0 Å². The summed E-state index contributed by atoms with van der Waals surface area (Å²) in [5, 5.41) is 0. The van der Waals surface area contributed by atoms with Crippen molar-refractivity contribution in [3.8, 4) is 0 Å². The molecule has 5 aromatic carbocycles. The molecule has 3 aliphatic rings. The van der Waals surface area contributed by atoms with E-state index in [0.717, 1.165) is 39.0 Å². The van der Waals surface area contributed by atoms with E-state index in [4.69, 9.17) is 0 Å². The van der Waals surface area contributed by atoms with Crippen molar-refractivity contribution < 1.29 is 14.4 Å². The summed E-state index contributed by atoms with van der Waals surface area (Å²) in [7, 11) is 0. The lowest BCUT2D eigenvalue weighted by molar-refractivity contribution is -0.130. The van der Waals surface area contributed by atoms with Crippen LogP contribution in [-0.4, -0.2) is 17.6 Å². The predicted octanol–water partition coefficient (Wildman–Crippen LogP) is 8.00. The summed E-state index contributed by atoms with van der Waals surface area (Å²) in [5.74, 6) is -2.32. The Hall–Kier alpha value is -5.35. The number of rotatable bonds is 6. The number of carbonyl (C=O) groups excluding carboxylic acids is 3. The fourth-order valence-corrected chi connectivity index (χ4v) is 8.60. The highest BCUT2D eigenvalue weighted by Crippen LogP contribution is 2.74. The highest BCUT2D eigenvalue weighted by molar-refractivity contribution is 6.39. The largest absolute Gasteiger partial charge is 0.297 e. The first-order valence-electron chi connectivity index (χ1n) is 15.9. The van der Waals surface area contributed by atoms with Gasteiger partial charge in [-0.2, -0.15) is 0 Å². The molecule has 2 bridgehead atoms. The number of nitrogens with zero attached hydrogens (tertiary/aromatic N) is 1. The normalized spacial score (nSPS) is 25.1. The van der Waals surface area contributed by atoms with Crippen LogP contribution in [0.15, 0.2) is 146 Å². The molecule has 0 spiro atoms. The van der Waals surface area contributed by atoms with Gasteiger partial charge < -0.3 is 0 Å². The molecule has 0 aromatic heterocycles. The minimum absolute atomic E-state index is 0.110. The molecule has 0 N–H and O–H groups in total. The first-order valence-corrected chi connectivity index (χ1v) is 15.9. The van der Waals surface area contributed by atoms with Crippen LogP contribution in [0.2, 0.25) is 0 Å². The molecule has 2 amide bonds. The molecule has 4 nitrogen and oxygen atoms in total. The molecule has 8 rings (SSSR count).